The summed E-state index contributed by atoms with van der Waals surface area (Å²) in [4.78, 5) is 18.7. The predicted molar refractivity (Wildman–Crippen MR) is 75.0 cm³/mol. The number of aryl methyl sites for hydroxylation is 1. The maximum absolute atomic E-state index is 5.66. The molecule has 0 spiro atoms. The second-order valence-corrected chi connectivity index (χ2v) is 5.93. The lowest BCUT2D eigenvalue weighted by Gasteiger charge is -2.10. The number of thioether (sulfide) groups is 1. The van der Waals surface area contributed by atoms with Crippen LogP contribution in [-0.2, 0) is 5.75 Å². The van der Waals surface area contributed by atoms with E-state index in [0.29, 0.717) is 17.5 Å². The van der Waals surface area contributed by atoms with Crippen molar-refractivity contribution in [1.29, 1.82) is 0 Å². The highest BCUT2D eigenvalue weighted by Crippen LogP contribution is 2.25. The fourth-order valence-corrected chi connectivity index (χ4v) is 2.92. The molecule has 0 amide bonds. The van der Waals surface area contributed by atoms with Crippen LogP contribution in [0.25, 0.3) is 0 Å². The number of thiazole rings is 1. The van der Waals surface area contributed by atoms with Gasteiger partial charge in [-0.2, -0.15) is 15.0 Å². The summed E-state index contributed by atoms with van der Waals surface area (Å²) in [6.45, 7) is 1.98. The van der Waals surface area contributed by atoms with E-state index < -0.39 is 0 Å². The first kappa shape index (κ1) is 13.0. The van der Waals surface area contributed by atoms with Gasteiger partial charge < -0.3 is 10.6 Å². The number of nitrogens with two attached hydrogens (primary N) is 1. The Morgan fingerprint density at radius 2 is 2.06 bits per heavy atom. The minimum atomic E-state index is 0.250. The molecule has 96 valence electrons. The van der Waals surface area contributed by atoms with Crippen molar-refractivity contribution in [2.45, 2.75) is 17.0 Å². The van der Waals surface area contributed by atoms with E-state index in [-0.39, 0.29) is 5.95 Å². The van der Waals surface area contributed by atoms with Gasteiger partial charge in [-0.3, -0.25) is 0 Å². The predicted octanol–water partition coefficient (Wildman–Crippen LogP) is 1.58. The smallest absolute Gasteiger partial charge is 0.229 e. The maximum atomic E-state index is 5.66. The molecule has 2 heterocycles. The fraction of sp³-hybridized carbons (Fsp3) is 0.400. The minimum absolute atomic E-state index is 0.250. The van der Waals surface area contributed by atoms with Gasteiger partial charge >= 0.3 is 0 Å². The molecule has 0 aliphatic rings. The number of hydrogen-bond acceptors (Lipinski definition) is 8. The molecular formula is C10H14N6S2. The van der Waals surface area contributed by atoms with E-state index in [2.05, 4.69) is 19.9 Å². The van der Waals surface area contributed by atoms with Gasteiger partial charge in [-0.15, -0.1) is 11.3 Å². The van der Waals surface area contributed by atoms with E-state index in [0.717, 1.165) is 10.0 Å². The second kappa shape index (κ2) is 5.49. The van der Waals surface area contributed by atoms with Gasteiger partial charge in [0.2, 0.25) is 11.9 Å². The van der Waals surface area contributed by atoms with E-state index >= 15 is 0 Å². The summed E-state index contributed by atoms with van der Waals surface area (Å²) < 4.78 is 1.01. The maximum Gasteiger partial charge on any atom is 0.229 e. The number of nitrogens with zero attached hydrogens (tertiary/aromatic N) is 5. The van der Waals surface area contributed by atoms with Crippen LogP contribution >= 0.6 is 23.1 Å². The SMILES string of the molecule is Cc1csc(SCc2nc(N)nc(N(C)C)n2)n1. The third-order valence-corrected chi connectivity index (χ3v) is 4.14. The highest BCUT2D eigenvalue weighted by atomic mass is 32.2. The Labute approximate surface area is 114 Å². The number of aromatic nitrogens is 4. The molecule has 0 aliphatic heterocycles. The zero-order valence-electron chi connectivity index (χ0n) is 10.4. The molecule has 0 bridgehead atoms. The number of anilines is 2. The Hall–Kier alpha value is -1.41. The summed E-state index contributed by atoms with van der Waals surface area (Å²) in [5.41, 5.74) is 6.69. The third kappa shape index (κ3) is 3.30. The summed E-state index contributed by atoms with van der Waals surface area (Å²) in [6, 6.07) is 0. The lowest BCUT2D eigenvalue weighted by atomic mass is 10.6. The van der Waals surface area contributed by atoms with Crippen LogP contribution in [0.2, 0.25) is 0 Å². The van der Waals surface area contributed by atoms with Gasteiger partial charge in [-0.05, 0) is 6.92 Å². The number of hydrogen-bond donors (Lipinski definition) is 1. The standard InChI is InChI=1S/C10H14N6S2/c1-6-4-17-10(12-6)18-5-7-13-8(11)15-9(14-7)16(2)3/h4H,5H2,1-3H3,(H2,11,13,14,15). The van der Waals surface area contributed by atoms with Crippen molar-refractivity contribution in [1.82, 2.24) is 19.9 Å². The molecule has 18 heavy (non-hydrogen) atoms. The lowest BCUT2D eigenvalue weighted by Crippen LogP contribution is -2.15. The van der Waals surface area contributed by atoms with Gasteiger partial charge in [-0.25, -0.2) is 4.98 Å². The first-order chi connectivity index (χ1) is 8.54. The van der Waals surface area contributed by atoms with Gasteiger partial charge in [0.25, 0.3) is 0 Å². The zero-order valence-corrected chi connectivity index (χ0v) is 12.0. The molecule has 0 radical (unpaired) electrons. The summed E-state index contributed by atoms with van der Waals surface area (Å²) >= 11 is 3.23. The molecule has 2 N–H and O–H groups in total. The number of rotatable bonds is 4. The molecule has 0 fully saturated rings. The van der Waals surface area contributed by atoms with Crippen molar-refractivity contribution >= 4 is 35.0 Å². The third-order valence-electron chi connectivity index (χ3n) is 2.01. The van der Waals surface area contributed by atoms with Crippen LogP contribution in [0.4, 0.5) is 11.9 Å². The summed E-state index contributed by atoms with van der Waals surface area (Å²) in [5.74, 6) is 2.14. The molecule has 0 aromatic carbocycles. The Morgan fingerprint density at radius 1 is 1.28 bits per heavy atom. The van der Waals surface area contributed by atoms with Gasteiger partial charge in [0.05, 0.1) is 5.75 Å². The van der Waals surface area contributed by atoms with Crippen LogP contribution in [0.3, 0.4) is 0 Å². The van der Waals surface area contributed by atoms with Crippen LogP contribution in [0, 0.1) is 6.92 Å². The van der Waals surface area contributed by atoms with E-state index in [1.54, 1.807) is 28.0 Å². The highest BCUT2D eigenvalue weighted by molar-refractivity contribution is 8.00. The fourth-order valence-electron chi connectivity index (χ4n) is 1.21. The van der Waals surface area contributed by atoms with Gasteiger partial charge in [-0.1, -0.05) is 11.8 Å². The Morgan fingerprint density at radius 3 is 2.67 bits per heavy atom. The summed E-state index contributed by atoms with van der Waals surface area (Å²) in [6.07, 6.45) is 0. The van der Waals surface area contributed by atoms with Crippen LogP contribution in [0.15, 0.2) is 9.72 Å². The molecule has 6 nitrogen and oxygen atoms in total. The molecular weight excluding hydrogens is 268 g/mol. The average Bonchev–Trinajstić information content (AvgIpc) is 2.72. The molecule has 2 aromatic heterocycles. The quantitative estimate of drug-likeness (QED) is 0.852. The first-order valence-corrected chi connectivity index (χ1v) is 7.14. The molecule has 2 aromatic rings. The topological polar surface area (TPSA) is 80.8 Å². The van der Waals surface area contributed by atoms with Crippen LogP contribution in [0.1, 0.15) is 11.5 Å². The van der Waals surface area contributed by atoms with E-state index in [1.165, 1.54) is 0 Å². The molecule has 8 heteroatoms. The van der Waals surface area contributed by atoms with E-state index in [9.17, 15) is 0 Å². The van der Waals surface area contributed by atoms with Crippen LogP contribution < -0.4 is 10.6 Å². The van der Waals surface area contributed by atoms with E-state index in [1.807, 2.05) is 26.4 Å². The zero-order chi connectivity index (χ0) is 13.1. The summed E-state index contributed by atoms with van der Waals surface area (Å²) in [7, 11) is 3.74. The molecule has 2 rings (SSSR count). The largest absolute Gasteiger partial charge is 0.368 e. The van der Waals surface area contributed by atoms with E-state index in [4.69, 9.17) is 5.73 Å². The first-order valence-electron chi connectivity index (χ1n) is 5.27. The van der Waals surface area contributed by atoms with Crippen molar-refractivity contribution in [2.75, 3.05) is 24.7 Å². The summed E-state index contributed by atoms with van der Waals surface area (Å²) in [5, 5.41) is 2.02. The monoisotopic (exact) mass is 282 g/mol. The average molecular weight is 282 g/mol. The molecule has 0 atom stereocenters. The van der Waals surface area contributed by atoms with Crippen molar-refractivity contribution in [2.24, 2.45) is 0 Å². The second-order valence-electron chi connectivity index (χ2n) is 3.85. The number of nitrogen functional groups attached to an aromatic ring is 1. The lowest BCUT2D eigenvalue weighted by molar-refractivity contribution is 0.919. The molecule has 0 aliphatic carbocycles. The van der Waals surface area contributed by atoms with Gasteiger partial charge in [0.1, 0.15) is 5.82 Å². The van der Waals surface area contributed by atoms with Crippen molar-refractivity contribution in [3.63, 3.8) is 0 Å². The molecule has 0 saturated carbocycles. The Bertz CT molecular complexity index is 539. The minimum Gasteiger partial charge on any atom is -0.368 e. The Balaban J connectivity index is 2.09. The van der Waals surface area contributed by atoms with Crippen molar-refractivity contribution < 1.29 is 0 Å². The molecule has 0 unspecified atom stereocenters. The van der Waals surface area contributed by atoms with Crippen molar-refractivity contribution in [3.05, 3.63) is 16.9 Å². The normalized spacial score (nSPS) is 10.6. The van der Waals surface area contributed by atoms with Gasteiger partial charge in [0.15, 0.2) is 4.34 Å². The van der Waals surface area contributed by atoms with Crippen LogP contribution in [0.5, 0.6) is 0 Å². The molecule has 0 saturated heterocycles. The van der Waals surface area contributed by atoms with Crippen LogP contribution in [-0.4, -0.2) is 34.0 Å². The Kier molecular flexibility index (Phi) is 3.97. The van der Waals surface area contributed by atoms with Crippen molar-refractivity contribution in [3.8, 4) is 0 Å². The van der Waals surface area contributed by atoms with Gasteiger partial charge in [0, 0.05) is 25.2 Å². The highest BCUT2D eigenvalue weighted by Gasteiger charge is 2.08.